The van der Waals surface area contributed by atoms with Crippen molar-refractivity contribution >= 4 is 5.91 Å². The van der Waals surface area contributed by atoms with Gasteiger partial charge in [0.2, 0.25) is 5.91 Å². The summed E-state index contributed by atoms with van der Waals surface area (Å²) in [6.45, 7) is 1.58. The average molecular weight is 333 g/mol. The lowest BCUT2D eigenvalue weighted by molar-refractivity contribution is -0.122. The van der Waals surface area contributed by atoms with Gasteiger partial charge in [0.05, 0.1) is 18.2 Å². The first-order valence-electron chi connectivity index (χ1n) is 9.76. The van der Waals surface area contributed by atoms with Gasteiger partial charge >= 0.3 is 0 Å². The van der Waals surface area contributed by atoms with Crippen molar-refractivity contribution in [1.29, 1.82) is 0 Å². The zero-order valence-electron chi connectivity index (χ0n) is 14.7. The van der Waals surface area contributed by atoms with Crippen molar-refractivity contribution in [3.63, 3.8) is 0 Å². The standard InChI is InChI=1S/C19H31N3O2/c23-19(16-10-7-11-18-17(16)14-21-22-18)20-12-5-6-13-24-15-8-3-1-2-4-9-15/h14-16H,1-13H2,(H,20,23)(H,21,22)/t16-/m0/s1. The number of aromatic nitrogens is 2. The number of carbonyl (C=O) groups excluding carboxylic acids is 1. The van der Waals surface area contributed by atoms with Crippen LogP contribution in [-0.2, 0) is 16.0 Å². The van der Waals surface area contributed by atoms with Gasteiger partial charge < -0.3 is 10.1 Å². The van der Waals surface area contributed by atoms with Gasteiger partial charge in [0.15, 0.2) is 0 Å². The minimum absolute atomic E-state index is 0.0188. The lowest BCUT2D eigenvalue weighted by Gasteiger charge is -2.21. The van der Waals surface area contributed by atoms with E-state index < -0.39 is 0 Å². The van der Waals surface area contributed by atoms with Gasteiger partial charge in [0.25, 0.3) is 0 Å². The maximum atomic E-state index is 12.4. The van der Waals surface area contributed by atoms with Gasteiger partial charge in [-0.05, 0) is 44.9 Å². The molecule has 1 fully saturated rings. The van der Waals surface area contributed by atoms with E-state index in [9.17, 15) is 4.79 Å². The van der Waals surface area contributed by atoms with Crippen LogP contribution in [0.1, 0.15) is 81.4 Å². The van der Waals surface area contributed by atoms with Crippen molar-refractivity contribution < 1.29 is 9.53 Å². The zero-order chi connectivity index (χ0) is 16.6. The molecular formula is C19H31N3O2. The molecule has 2 N–H and O–H groups in total. The summed E-state index contributed by atoms with van der Waals surface area (Å²) in [6, 6.07) is 0. The first-order valence-corrected chi connectivity index (χ1v) is 9.76. The van der Waals surface area contributed by atoms with Crippen molar-refractivity contribution in [1.82, 2.24) is 15.5 Å². The van der Waals surface area contributed by atoms with Crippen LogP contribution in [-0.4, -0.2) is 35.4 Å². The second kappa shape index (κ2) is 9.21. The van der Waals surface area contributed by atoms with E-state index in [0.29, 0.717) is 6.10 Å². The molecule has 0 unspecified atom stereocenters. The Morgan fingerprint density at radius 1 is 1.17 bits per heavy atom. The van der Waals surface area contributed by atoms with Crippen LogP contribution in [0.15, 0.2) is 6.20 Å². The van der Waals surface area contributed by atoms with Crippen LogP contribution < -0.4 is 5.32 Å². The number of carbonyl (C=O) groups is 1. The summed E-state index contributed by atoms with van der Waals surface area (Å²) >= 11 is 0. The molecular weight excluding hydrogens is 302 g/mol. The third-order valence-electron chi connectivity index (χ3n) is 5.39. The number of fused-ring (bicyclic) bond motifs is 1. The molecule has 0 bridgehead atoms. The molecule has 134 valence electrons. The summed E-state index contributed by atoms with van der Waals surface area (Å²) in [5, 5.41) is 10.2. The monoisotopic (exact) mass is 333 g/mol. The van der Waals surface area contributed by atoms with Crippen LogP contribution in [0.3, 0.4) is 0 Å². The Labute approximate surface area is 144 Å². The number of ether oxygens (including phenoxy) is 1. The molecule has 5 heteroatoms. The summed E-state index contributed by atoms with van der Waals surface area (Å²) in [7, 11) is 0. The number of amides is 1. The third-order valence-corrected chi connectivity index (χ3v) is 5.39. The molecule has 3 rings (SSSR count). The summed E-state index contributed by atoms with van der Waals surface area (Å²) in [5.41, 5.74) is 2.23. The summed E-state index contributed by atoms with van der Waals surface area (Å²) in [6.07, 6.45) is 15.1. The number of hydrogen-bond donors (Lipinski definition) is 2. The number of rotatable bonds is 7. The Kier molecular flexibility index (Phi) is 6.70. The highest BCUT2D eigenvalue weighted by atomic mass is 16.5. The first-order chi connectivity index (χ1) is 11.8. The minimum Gasteiger partial charge on any atom is -0.378 e. The van der Waals surface area contributed by atoms with Gasteiger partial charge in [-0.2, -0.15) is 5.10 Å². The van der Waals surface area contributed by atoms with Gasteiger partial charge in [0, 0.05) is 24.4 Å². The van der Waals surface area contributed by atoms with Gasteiger partial charge in [0.1, 0.15) is 0 Å². The molecule has 0 spiro atoms. The van der Waals surface area contributed by atoms with Gasteiger partial charge in [-0.1, -0.05) is 25.7 Å². The van der Waals surface area contributed by atoms with Crippen LogP contribution >= 0.6 is 0 Å². The lowest BCUT2D eigenvalue weighted by atomic mass is 9.86. The van der Waals surface area contributed by atoms with E-state index in [1.54, 1.807) is 0 Å². The molecule has 1 aromatic rings. The molecule has 1 heterocycles. The number of aryl methyl sites for hydroxylation is 1. The number of H-pyrrole nitrogens is 1. The highest BCUT2D eigenvalue weighted by molar-refractivity contribution is 5.84. The van der Waals surface area contributed by atoms with Crippen molar-refractivity contribution in [2.24, 2.45) is 0 Å². The molecule has 0 saturated heterocycles. The molecule has 2 aliphatic rings. The smallest absolute Gasteiger partial charge is 0.227 e. The van der Waals surface area contributed by atoms with Crippen molar-refractivity contribution in [2.45, 2.75) is 82.7 Å². The van der Waals surface area contributed by atoms with Crippen LogP contribution in [0.4, 0.5) is 0 Å². The maximum Gasteiger partial charge on any atom is 0.227 e. The Hall–Kier alpha value is -1.36. The van der Waals surface area contributed by atoms with Crippen LogP contribution in [0, 0.1) is 0 Å². The Balaban J connectivity index is 1.29. The molecule has 5 nitrogen and oxygen atoms in total. The largest absolute Gasteiger partial charge is 0.378 e. The summed E-state index contributed by atoms with van der Waals surface area (Å²) < 4.78 is 6.00. The van der Waals surface area contributed by atoms with E-state index in [-0.39, 0.29) is 11.8 Å². The Morgan fingerprint density at radius 2 is 2.00 bits per heavy atom. The number of aromatic amines is 1. The second-order valence-electron chi connectivity index (χ2n) is 7.23. The Bertz CT molecular complexity index is 506. The van der Waals surface area contributed by atoms with E-state index in [0.717, 1.165) is 56.5 Å². The molecule has 1 atom stereocenters. The fourth-order valence-corrected chi connectivity index (χ4v) is 3.95. The first kappa shape index (κ1) is 17.5. The minimum atomic E-state index is -0.0188. The van der Waals surface area contributed by atoms with Crippen molar-refractivity contribution in [3.05, 3.63) is 17.5 Å². The van der Waals surface area contributed by atoms with Gasteiger partial charge in [-0.3, -0.25) is 9.89 Å². The Morgan fingerprint density at radius 3 is 2.83 bits per heavy atom. The van der Waals surface area contributed by atoms with E-state index in [1.807, 2.05) is 6.20 Å². The van der Waals surface area contributed by atoms with E-state index in [4.69, 9.17) is 4.74 Å². The SMILES string of the molecule is O=C(NCCCCOC1CCCCCC1)[C@H]1CCCc2[nH]ncc21. The van der Waals surface area contributed by atoms with Gasteiger partial charge in [-0.15, -0.1) is 0 Å². The molecule has 24 heavy (non-hydrogen) atoms. The third kappa shape index (κ3) is 4.82. The summed E-state index contributed by atoms with van der Waals surface area (Å²) in [5.74, 6) is 0.136. The van der Waals surface area contributed by atoms with E-state index in [2.05, 4.69) is 15.5 Å². The highest BCUT2D eigenvalue weighted by Gasteiger charge is 2.27. The molecule has 2 aliphatic carbocycles. The predicted octanol–water partition coefficient (Wildman–Crippen LogP) is 3.47. The second-order valence-corrected chi connectivity index (χ2v) is 7.23. The average Bonchev–Trinajstić information content (AvgIpc) is 2.93. The molecule has 0 radical (unpaired) electrons. The zero-order valence-corrected chi connectivity index (χ0v) is 14.7. The molecule has 0 aliphatic heterocycles. The quantitative estimate of drug-likeness (QED) is 0.593. The summed E-state index contributed by atoms with van der Waals surface area (Å²) in [4.78, 5) is 12.4. The number of nitrogens with zero attached hydrogens (tertiary/aromatic N) is 1. The van der Waals surface area contributed by atoms with Crippen molar-refractivity contribution in [3.8, 4) is 0 Å². The lowest BCUT2D eigenvalue weighted by Crippen LogP contribution is -2.32. The fourth-order valence-electron chi connectivity index (χ4n) is 3.95. The predicted molar refractivity (Wildman–Crippen MR) is 94.0 cm³/mol. The van der Waals surface area contributed by atoms with Crippen LogP contribution in [0.5, 0.6) is 0 Å². The van der Waals surface area contributed by atoms with Crippen LogP contribution in [0.25, 0.3) is 0 Å². The molecule has 1 saturated carbocycles. The van der Waals surface area contributed by atoms with Crippen molar-refractivity contribution in [2.75, 3.05) is 13.2 Å². The number of hydrogen-bond acceptors (Lipinski definition) is 3. The molecule has 1 amide bonds. The fraction of sp³-hybridized carbons (Fsp3) is 0.789. The van der Waals surface area contributed by atoms with Crippen LogP contribution in [0.2, 0.25) is 0 Å². The molecule has 0 aromatic carbocycles. The number of unbranched alkanes of at least 4 members (excludes halogenated alkanes) is 1. The van der Waals surface area contributed by atoms with E-state index >= 15 is 0 Å². The number of nitrogens with one attached hydrogen (secondary N) is 2. The maximum absolute atomic E-state index is 12.4. The normalized spacial score (nSPS) is 21.9. The molecule has 1 aromatic heterocycles. The highest BCUT2D eigenvalue weighted by Crippen LogP contribution is 2.30. The van der Waals surface area contributed by atoms with Gasteiger partial charge in [-0.25, -0.2) is 0 Å². The topological polar surface area (TPSA) is 67.0 Å². The van der Waals surface area contributed by atoms with E-state index in [1.165, 1.54) is 38.5 Å².